The fraction of sp³-hybridized carbons (Fsp3) is 0.846. The molecule has 0 aliphatic heterocycles. The Balaban J connectivity index is 2.27. The Labute approximate surface area is 121 Å². The standard InChI is InChI=1S/C13H20F3N3O2/c14-13(15,16)8-19(9-4-5-9)11(20)12(10(17)18-21)6-2-1-3-7-12/h9,21H,1-8H2,(H2,17,18). The lowest BCUT2D eigenvalue weighted by molar-refractivity contribution is -0.167. The van der Waals surface area contributed by atoms with Crippen molar-refractivity contribution in [3.05, 3.63) is 0 Å². The highest BCUT2D eigenvalue weighted by molar-refractivity contribution is 6.07. The molecule has 0 atom stereocenters. The van der Waals surface area contributed by atoms with Crippen molar-refractivity contribution in [2.24, 2.45) is 16.3 Å². The third kappa shape index (κ3) is 3.41. The van der Waals surface area contributed by atoms with E-state index in [-0.39, 0.29) is 11.9 Å². The summed E-state index contributed by atoms with van der Waals surface area (Å²) in [4.78, 5) is 13.6. The van der Waals surface area contributed by atoms with Crippen LogP contribution in [0, 0.1) is 5.41 Å². The van der Waals surface area contributed by atoms with Crippen molar-refractivity contribution in [3.8, 4) is 0 Å². The molecule has 0 heterocycles. The van der Waals surface area contributed by atoms with Gasteiger partial charge in [-0.3, -0.25) is 4.79 Å². The van der Waals surface area contributed by atoms with Gasteiger partial charge in [0.1, 0.15) is 12.0 Å². The summed E-state index contributed by atoms with van der Waals surface area (Å²) in [5.74, 6) is -0.905. The molecule has 0 aromatic heterocycles. The summed E-state index contributed by atoms with van der Waals surface area (Å²) < 4.78 is 38.2. The molecule has 0 radical (unpaired) electrons. The molecule has 1 amide bonds. The molecule has 0 unspecified atom stereocenters. The van der Waals surface area contributed by atoms with Gasteiger partial charge in [0.05, 0.1) is 0 Å². The van der Waals surface area contributed by atoms with Gasteiger partial charge in [0.15, 0.2) is 5.84 Å². The highest BCUT2D eigenvalue weighted by Crippen LogP contribution is 2.41. The minimum absolute atomic E-state index is 0.264. The molecule has 5 nitrogen and oxygen atoms in total. The monoisotopic (exact) mass is 307 g/mol. The Hall–Kier alpha value is -1.47. The van der Waals surface area contributed by atoms with Crippen LogP contribution in [0.2, 0.25) is 0 Å². The van der Waals surface area contributed by atoms with E-state index in [1.165, 1.54) is 0 Å². The van der Waals surface area contributed by atoms with Crippen LogP contribution >= 0.6 is 0 Å². The third-order valence-corrected chi connectivity index (χ3v) is 4.31. The number of oxime groups is 1. The van der Waals surface area contributed by atoms with Crippen molar-refractivity contribution in [3.63, 3.8) is 0 Å². The number of rotatable bonds is 4. The van der Waals surface area contributed by atoms with Crippen LogP contribution in [0.1, 0.15) is 44.9 Å². The highest BCUT2D eigenvalue weighted by Gasteiger charge is 2.51. The highest BCUT2D eigenvalue weighted by atomic mass is 19.4. The fourth-order valence-corrected chi connectivity index (χ4v) is 3.05. The summed E-state index contributed by atoms with van der Waals surface area (Å²) in [6.45, 7) is -1.27. The number of nitrogens with two attached hydrogens (primary N) is 1. The number of carbonyl (C=O) groups excluding carboxylic acids is 1. The molecule has 21 heavy (non-hydrogen) atoms. The second-order valence-electron chi connectivity index (χ2n) is 5.91. The van der Waals surface area contributed by atoms with Gasteiger partial charge in [-0.25, -0.2) is 0 Å². The van der Waals surface area contributed by atoms with Gasteiger partial charge < -0.3 is 15.8 Å². The van der Waals surface area contributed by atoms with Crippen molar-refractivity contribution >= 4 is 11.7 Å². The molecule has 120 valence electrons. The van der Waals surface area contributed by atoms with E-state index in [1.807, 2.05) is 0 Å². The van der Waals surface area contributed by atoms with Crippen LogP contribution in [0.5, 0.6) is 0 Å². The molecule has 2 fully saturated rings. The van der Waals surface area contributed by atoms with Crippen molar-refractivity contribution in [1.29, 1.82) is 0 Å². The van der Waals surface area contributed by atoms with Gasteiger partial charge in [0, 0.05) is 6.04 Å². The Morgan fingerprint density at radius 3 is 2.29 bits per heavy atom. The molecule has 0 aromatic rings. The van der Waals surface area contributed by atoms with Crippen LogP contribution in [-0.4, -0.2) is 40.6 Å². The summed E-state index contributed by atoms with van der Waals surface area (Å²) in [6, 6.07) is -0.371. The van der Waals surface area contributed by atoms with E-state index in [1.54, 1.807) is 0 Å². The molecule has 0 bridgehead atoms. The quantitative estimate of drug-likeness (QED) is 0.362. The van der Waals surface area contributed by atoms with Crippen molar-refractivity contribution in [1.82, 2.24) is 4.90 Å². The third-order valence-electron chi connectivity index (χ3n) is 4.31. The zero-order valence-corrected chi connectivity index (χ0v) is 11.7. The van der Waals surface area contributed by atoms with E-state index in [9.17, 15) is 18.0 Å². The number of carbonyl (C=O) groups is 1. The maximum atomic E-state index is 12.7. The first-order valence-corrected chi connectivity index (χ1v) is 7.16. The van der Waals surface area contributed by atoms with E-state index >= 15 is 0 Å². The lowest BCUT2D eigenvalue weighted by Gasteiger charge is -2.39. The Kier molecular flexibility index (Phi) is 4.34. The molecule has 0 saturated heterocycles. The predicted octanol–water partition coefficient (Wildman–Crippen LogP) is 2.24. The molecule has 2 saturated carbocycles. The van der Waals surface area contributed by atoms with Crippen LogP contribution < -0.4 is 5.73 Å². The van der Waals surface area contributed by atoms with Crippen molar-refractivity contribution in [2.45, 2.75) is 57.2 Å². The van der Waals surface area contributed by atoms with Gasteiger partial charge in [0.25, 0.3) is 0 Å². The van der Waals surface area contributed by atoms with E-state index in [2.05, 4.69) is 5.16 Å². The maximum absolute atomic E-state index is 12.7. The second kappa shape index (κ2) is 5.73. The first kappa shape index (κ1) is 15.9. The van der Waals surface area contributed by atoms with Crippen LogP contribution in [-0.2, 0) is 4.79 Å². The van der Waals surface area contributed by atoms with Crippen LogP contribution in [0.3, 0.4) is 0 Å². The largest absolute Gasteiger partial charge is 0.409 e. The number of hydrogen-bond acceptors (Lipinski definition) is 3. The van der Waals surface area contributed by atoms with Crippen LogP contribution in [0.4, 0.5) is 13.2 Å². The lowest BCUT2D eigenvalue weighted by atomic mass is 9.72. The van der Waals surface area contributed by atoms with Gasteiger partial charge in [-0.05, 0) is 25.7 Å². The van der Waals surface area contributed by atoms with Crippen LogP contribution in [0.25, 0.3) is 0 Å². The zero-order chi connectivity index (χ0) is 15.7. The number of amidine groups is 1. The topological polar surface area (TPSA) is 78.9 Å². The number of nitrogens with zero attached hydrogens (tertiary/aromatic N) is 2. The predicted molar refractivity (Wildman–Crippen MR) is 69.7 cm³/mol. The minimum atomic E-state index is -4.45. The second-order valence-corrected chi connectivity index (χ2v) is 5.91. The number of hydrogen-bond donors (Lipinski definition) is 2. The average molecular weight is 307 g/mol. The van der Waals surface area contributed by atoms with E-state index in [0.29, 0.717) is 38.5 Å². The first-order valence-electron chi connectivity index (χ1n) is 7.16. The van der Waals surface area contributed by atoms with Gasteiger partial charge in [-0.1, -0.05) is 24.4 Å². The summed E-state index contributed by atoms with van der Waals surface area (Å²) >= 11 is 0. The molecule has 3 N–H and O–H groups in total. The molecular weight excluding hydrogens is 287 g/mol. The minimum Gasteiger partial charge on any atom is -0.409 e. The van der Waals surface area contributed by atoms with E-state index in [0.717, 1.165) is 11.3 Å². The van der Waals surface area contributed by atoms with Crippen molar-refractivity contribution < 1.29 is 23.2 Å². The van der Waals surface area contributed by atoms with Crippen LogP contribution in [0.15, 0.2) is 5.16 Å². The summed E-state index contributed by atoms with van der Waals surface area (Å²) in [6.07, 6.45) is -0.345. The van der Waals surface area contributed by atoms with E-state index < -0.39 is 24.0 Å². The fourth-order valence-electron chi connectivity index (χ4n) is 3.05. The summed E-state index contributed by atoms with van der Waals surface area (Å²) in [5.41, 5.74) is 4.40. The molecule has 8 heteroatoms. The number of alkyl halides is 3. The normalized spacial score (nSPS) is 22.9. The van der Waals surface area contributed by atoms with Gasteiger partial charge >= 0.3 is 6.18 Å². The molecule has 2 aliphatic rings. The Morgan fingerprint density at radius 2 is 1.86 bits per heavy atom. The molecule has 2 rings (SSSR count). The maximum Gasteiger partial charge on any atom is 0.406 e. The molecule has 0 aromatic carbocycles. The Bertz CT molecular complexity index is 427. The Morgan fingerprint density at radius 1 is 1.29 bits per heavy atom. The number of halogens is 3. The van der Waals surface area contributed by atoms with E-state index in [4.69, 9.17) is 10.9 Å². The van der Waals surface area contributed by atoms with Gasteiger partial charge in [0.2, 0.25) is 5.91 Å². The zero-order valence-electron chi connectivity index (χ0n) is 11.7. The molecular formula is C13H20F3N3O2. The van der Waals surface area contributed by atoms with Gasteiger partial charge in [-0.2, -0.15) is 13.2 Å². The van der Waals surface area contributed by atoms with Crippen molar-refractivity contribution in [2.75, 3.05) is 6.54 Å². The summed E-state index contributed by atoms with van der Waals surface area (Å²) in [7, 11) is 0. The van der Waals surface area contributed by atoms with Gasteiger partial charge in [-0.15, -0.1) is 0 Å². The summed E-state index contributed by atoms with van der Waals surface area (Å²) in [5, 5.41) is 11.9. The number of amides is 1. The SMILES string of the molecule is NC(=NO)C1(C(=O)N(CC(F)(F)F)C2CC2)CCCCC1. The smallest absolute Gasteiger partial charge is 0.406 e. The molecule has 0 spiro atoms. The lowest BCUT2D eigenvalue weighted by Crippen LogP contribution is -2.54. The first-order chi connectivity index (χ1) is 9.80. The molecule has 2 aliphatic carbocycles. The average Bonchev–Trinajstić information content (AvgIpc) is 3.27.